The predicted octanol–water partition coefficient (Wildman–Crippen LogP) is 1.50. The van der Waals surface area contributed by atoms with Crippen LogP contribution in [0.3, 0.4) is 0 Å². The molecule has 112 valence electrons. The van der Waals surface area contributed by atoms with Crippen LogP contribution < -0.4 is 5.32 Å². The molecule has 0 aromatic rings. The van der Waals surface area contributed by atoms with Crippen molar-refractivity contribution >= 4 is 0 Å². The first kappa shape index (κ1) is 15.2. The zero-order valence-electron chi connectivity index (χ0n) is 13.0. The van der Waals surface area contributed by atoms with E-state index in [0.29, 0.717) is 6.10 Å². The zero-order chi connectivity index (χ0) is 13.9. The van der Waals surface area contributed by atoms with E-state index in [9.17, 15) is 0 Å². The van der Waals surface area contributed by atoms with E-state index >= 15 is 0 Å². The van der Waals surface area contributed by atoms with Gasteiger partial charge in [0, 0.05) is 50.8 Å². The van der Waals surface area contributed by atoms with Gasteiger partial charge in [-0.3, -0.25) is 4.90 Å². The minimum atomic E-state index is 0.176. The first-order valence-electron chi connectivity index (χ1n) is 7.50. The van der Waals surface area contributed by atoms with Crippen LogP contribution in [0.15, 0.2) is 0 Å². The van der Waals surface area contributed by atoms with Gasteiger partial charge in [0.1, 0.15) is 0 Å². The van der Waals surface area contributed by atoms with Crippen LogP contribution in [-0.4, -0.2) is 63.0 Å². The van der Waals surface area contributed by atoms with E-state index in [-0.39, 0.29) is 11.0 Å². The Morgan fingerprint density at radius 1 is 1.42 bits per heavy atom. The van der Waals surface area contributed by atoms with Gasteiger partial charge in [0.15, 0.2) is 0 Å². The molecule has 2 atom stereocenters. The van der Waals surface area contributed by atoms with Gasteiger partial charge >= 0.3 is 0 Å². The van der Waals surface area contributed by atoms with Crippen LogP contribution in [0.4, 0.5) is 0 Å². The van der Waals surface area contributed by atoms with Crippen LogP contribution in [0.1, 0.15) is 33.6 Å². The molecule has 0 amide bonds. The lowest BCUT2D eigenvalue weighted by molar-refractivity contribution is 0.0861. The number of hydrogen-bond acceptors (Lipinski definition) is 4. The highest BCUT2D eigenvalue weighted by molar-refractivity contribution is 4.92. The average molecular weight is 270 g/mol. The summed E-state index contributed by atoms with van der Waals surface area (Å²) < 4.78 is 11.2. The molecule has 0 spiro atoms. The van der Waals surface area contributed by atoms with E-state index in [2.05, 4.69) is 31.0 Å². The summed E-state index contributed by atoms with van der Waals surface area (Å²) in [5.74, 6) is 0. The molecule has 0 radical (unpaired) electrons. The van der Waals surface area contributed by atoms with Gasteiger partial charge in [-0.15, -0.1) is 0 Å². The monoisotopic (exact) mass is 270 g/mol. The lowest BCUT2D eigenvalue weighted by atomic mass is 9.85. The number of rotatable bonds is 5. The maximum Gasteiger partial charge on any atom is 0.0710 e. The van der Waals surface area contributed by atoms with Gasteiger partial charge in [-0.2, -0.15) is 0 Å². The lowest BCUT2D eigenvalue weighted by Gasteiger charge is -2.35. The Morgan fingerprint density at radius 3 is 2.74 bits per heavy atom. The van der Waals surface area contributed by atoms with E-state index in [1.54, 1.807) is 0 Å². The van der Waals surface area contributed by atoms with Crippen molar-refractivity contribution in [1.82, 2.24) is 10.2 Å². The van der Waals surface area contributed by atoms with Crippen molar-refractivity contribution in [2.24, 2.45) is 5.41 Å². The summed E-state index contributed by atoms with van der Waals surface area (Å²) in [6.07, 6.45) is 2.76. The van der Waals surface area contributed by atoms with Crippen molar-refractivity contribution < 1.29 is 9.47 Å². The van der Waals surface area contributed by atoms with Crippen LogP contribution in [0.2, 0.25) is 0 Å². The van der Waals surface area contributed by atoms with Gasteiger partial charge in [-0.25, -0.2) is 0 Å². The highest BCUT2D eigenvalue weighted by Crippen LogP contribution is 2.31. The van der Waals surface area contributed by atoms with E-state index in [4.69, 9.17) is 9.47 Å². The second-order valence-corrected chi connectivity index (χ2v) is 7.29. The zero-order valence-corrected chi connectivity index (χ0v) is 13.0. The van der Waals surface area contributed by atoms with Crippen molar-refractivity contribution in [1.29, 1.82) is 0 Å². The second-order valence-electron chi connectivity index (χ2n) is 7.29. The molecule has 0 saturated carbocycles. The molecule has 2 saturated heterocycles. The molecule has 1 N–H and O–H groups in total. The van der Waals surface area contributed by atoms with Crippen molar-refractivity contribution in [2.75, 3.05) is 46.5 Å². The van der Waals surface area contributed by atoms with E-state index in [1.807, 2.05) is 7.11 Å². The Balaban J connectivity index is 1.88. The summed E-state index contributed by atoms with van der Waals surface area (Å²) in [5.41, 5.74) is 0.464. The molecule has 0 aromatic carbocycles. The number of ether oxygens (including phenoxy) is 2. The quantitative estimate of drug-likeness (QED) is 0.821. The van der Waals surface area contributed by atoms with E-state index < -0.39 is 0 Å². The fourth-order valence-electron chi connectivity index (χ4n) is 3.03. The summed E-state index contributed by atoms with van der Waals surface area (Å²) >= 11 is 0. The molecule has 19 heavy (non-hydrogen) atoms. The third-order valence-electron chi connectivity index (χ3n) is 4.30. The molecule has 0 bridgehead atoms. The smallest absolute Gasteiger partial charge is 0.0710 e. The fraction of sp³-hybridized carbons (Fsp3) is 1.00. The van der Waals surface area contributed by atoms with Crippen LogP contribution in [0.25, 0.3) is 0 Å². The van der Waals surface area contributed by atoms with Crippen molar-refractivity contribution in [3.8, 4) is 0 Å². The molecule has 2 aliphatic heterocycles. The van der Waals surface area contributed by atoms with Gasteiger partial charge in [0.25, 0.3) is 0 Å². The molecule has 2 aliphatic rings. The number of nitrogens with zero attached hydrogens (tertiary/aromatic N) is 1. The second kappa shape index (κ2) is 6.08. The maximum absolute atomic E-state index is 5.69. The number of nitrogens with one attached hydrogen (secondary N) is 1. The minimum absolute atomic E-state index is 0.176. The molecule has 4 heteroatoms. The van der Waals surface area contributed by atoms with Gasteiger partial charge in [0.2, 0.25) is 0 Å². The Bertz CT molecular complexity index is 282. The predicted molar refractivity (Wildman–Crippen MR) is 77.5 cm³/mol. The molecule has 2 unspecified atom stereocenters. The van der Waals surface area contributed by atoms with Gasteiger partial charge < -0.3 is 14.8 Å². The minimum Gasteiger partial charge on any atom is -0.381 e. The summed E-state index contributed by atoms with van der Waals surface area (Å²) in [6.45, 7) is 12.9. The van der Waals surface area contributed by atoms with Crippen molar-refractivity contribution in [3.05, 3.63) is 0 Å². The van der Waals surface area contributed by atoms with Crippen LogP contribution >= 0.6 is 0 Å². The van der Waals surface area contributed by atoms with E-state index in [0.717, 1.165) is 39.4 Å². The first-order valence-corrected chi connectivity index (χ1v) is 7.50. The normalized spacial score (nSPS) is 33.2. The SMILES string of the molecule is COC1CCN(CC2(CNC(C)(C)C)CCOC2)C1. The van der Waals surface area contributed by atoms with E-state index in [1.165, 1.54) is 12.8 Å². The van der Waals surface area contributed by atoms with Gasteiger partial charge in [-0.1, -0.05) is 0 Å². The van der Waals surface area contributed by atoms with Crippen LogP contribution in [0.5, 0.6) is 0 Å². The Hall–Kier alpha value is -0.160. The molecule has 2 heterocycles. The standard InChI is InChI=1S/C15H30N2O2/c1-14(2,3)16-10-15(6-8-19-12-15)11-17-7-5-13(9-17)18-4/h13,16H,5-12H2,1-4H3. The summed E-state index contributed by atoms with van der Waals surface area (Å²) in [7, 11) is 1.82. The summed E-state index contributed by atoms with van der Waals surface area (Å²) in [6, 6.07) is 0. The number of hydrogen-bond donors (Lipinski definition) is 1. The highest BCUT2D eigenvalue weighted by Gasteiger charge is 2.38. The van der Waals surface area contributed by atoms with Crippen molar-refractivity contribution in [3.63, 3.8) is 0 Å². The Labute approximate surface area is 117 Å². The van der Waals surface area contributed by atoms with Crippen LogP contribution in [0, 0.1) is 5.41 Å². The molecule has 2 fully saturated rings. The first-order chi connectivity index (χ1) is 8.92. The topological polar surface area (TPSA) is 33.7 Å². The maximum atomic E-state index is 5.69. The largest absolute Gasteiger partial charge is 0.381 e. The average Bonchev–Trinajstić information content (AvgIpc) is 2.96. The molecule has 0 aliphatic carbocycles. The van der Waals surface area contributed by atoms with Gasteiger partial charge in [-0.05, 0) is 33.6 Å². The highest BCUT2D eigenvalue weighted by atomic mass is 16.5. The number of methoxy groups -OCH3 is 1. The molecule has 2 rings (SSSR count). The third-order valence-corrected chi connectivity index (χ3v) is 4.30. The molecular formula is C15H30N2O2. The Morgan fingerprint density at radius 2 is 2.21 bits per heavy atom. The third kappa shape index (κ3) is 4.42. The van der Waals surface area contributed by atoms with Crippen molar-refractivity contribution in [2.45, 2.75) is 45.3 Å². The fourth-order valence-corrected chi connectivity index (χ4v) is 3.03. The molecular weight excluding hydrogens is 240 g/mol. The Kier molecular flexibility index (Phi) is 4.88. The molecule has 4 nitrogen and oxygen atoms in total. The van der Waals surface area contributed by atoms with Crippen LogP contribution in [-0.2, 0) is 9.47 Å². The lowest BCUT2D eigenvalue weighted by Crippen LogP contribution is -2.49. The summed E-state index contributed by atoms with van der Waals surface area (Å²) in [4.78, 5) is 2.55. The molecule has 0 aromatic heterocycles. The number of likely N-dealkylation sites (tertiary alicyclic amines) is 1. The van der Waals surface area contributed by atoms with Gasteiger partial charge in [0.05, 0.1) is 12.7 Å². The summed E-state index contributed by atoms with van der Waals surface area (Å²) in [5, 5.41) is 3.67.